The summed E-state index contributed by atoms with van der Waals surface area (Å²) in [4.78, 5) is 0. The number of quaternary nitrogens is 2. The maximum atomic E-state index is 5.62. The van der Waals surface area contributed by atoms with E-state index in [1.807, 2.05) is 0 Å². The van der Waals surface area contributed by atoms with Crippen molar-refractivity contribution in [3.05, 3.63) is 0 Å². The number of nitrogens with zero attached hydrogens (tertiary/aromatic N) is 2. The molecule has 0 saturated heterocycles. The van der Waals surface area contributed by atoms with Crippen molar-refractivity contribution in [2.24, 2.45) is 0 Å². The van der Waals surface area contributed by atoms with Crippen molar-refractivity contribution in [2.75, 3.05) is 81.8 Å². The highest BCUT2D eigenvalue weighted by atomic mass is 16.5. The Morgan fingerprint density at radius 3 is 1.21 bits per heavy atom. The normalized spacial score (nSPS) is 12.9. The summed E-state index contributed by atoms with van der Waals surface area (Å²) in [5, 5.41) is 0. The fourth-order valence-electron chi connectivity index (χ4n) is 1.47. The maximum Gasteiger partial charge on any atom is 0.102 e. The van der Waals surface area contributed by atoms with Gasteiger partial charge in [0, 0.05) is 13.2 Å². The number of likely N-dealkylation sites (N-methyl/N-ethyl adjacent to an activating group) is 2. The zero-order chi connectivity index (χ0) is 14.8. The van der Waals surface area contributed by atoms with E-state index in [4.69, 9.17) is 9.47 Å². The molecular weight excluding hydrogens is 240 g/mol. The first-order valence-electron chi connectivity index (χ1n) is 7.47. The summed E-state index contributed by atoms with van der Waals surface area (Å²) in [5.41, 5.74) is 0. The second-order valence-electron chi connectivity index (χ2n) is 7.31. The van der Waals surface area contributed by atoms with Gasteiger partial charge in [-0.2, -0.15) is 0 Å². The summed E-state index contributed by atoms with van der Waals surface area (Å²) in [7, 11) is 13.1. The third-order valence-corrected chi connectivity index (χ3v) is 2.89. The van der Waals surface area contributed by atoms with E-state index in [-0.39, 0.29) is 0 Å². The van der Waals surface area contributed by atoms with Gasteiger partial charge in [-0.15, -0.1) is 0 Å². The molecule has 0 unspecified atom stereocenters. The monoisotopic (exact) mass is 276 g/mol. The predicted octanol–water partition coefficient (Wildman–Crippen LogP) is 1.60. The van der Waals surface area contributed by atoms with E-state index < -0.39 is 0 Å². The highest BCUT2D eigenvalue weighted by molar-refractivity contribution is 4.41. The Kier molecular flexibility index (Phi) is 9.62. The van der Waals surface area contributed by atoms with E-state index in [2.05, 4.69) is 42.3 Å². The number of hydrogen-bond donors (Lipinski definition) is 0. The van der Waals surface area contributed by atoms with Crippen LogP contribution in [0.4, 0.5) is 0 Å². The van der Waals surface area contributed by atoms with Crippen LogP contribution >= 0.6 is 0 Å². The van der Waals surface area contributed by atoms with Gasteiger partial charge < -0.3 is 18.4 Å². The standard InChI is InChI=1S/C15H36N2O2/c1-16(2,3)10-14-18-12-8-7-9-13-19-15-11-17(4,5)6/h7-15H2,1-6H3/q+2. The summed E-state index contributed by atoms with van der Waals surface area (Å²) in [5.74, 6) is 0. The van der Waals surface area contributed by atoms with Gasteiger partial charge in [-0.25, -0.2) is 0 Å². The molecule has 4 heteroatoms. The molecular formula is C15H36N2O2+2. The van der Waals surface area contributed by atoms with Gasteiger partial charge in [-0.3, -0.25) is 0 Å². The second-order valence-corrected chi connectivity index (χ2v) is 7.31. The van der Waals surface area contributed by atoms with Crippen molar-refractivity contribution in [3.8, 4) is 0 Å². The zero-order valence-electron chi connectivity index (χ0n) is 14.1. The molecule has 19 heavy (non-hydrogen) atoms. The lowest BCUT2D eigenvalue weighted by Gasteiger charge is -2.23. The first-order valence-corrected chi connectivity index (χ1v) is 7.47. The molecule has 0 amide bonds. The Hall–Kier alpha value is -0.160. The van der Waals surface area contributed by atoms with Crippen molar-refractivity contribution < 1.29 is 18.4 Å². The van der Waals surface area contributed by atoms with Crippen LogP contribution in [-0.4, -0.2) is 90.8 Å². The molecule has 0 heterocycles. The van der Waals surface area contributed by atoms with E-state index in [0.29, 0.717) is 0 Å². The lowest BCUT2D eigenvalue weighted by atomic mass is 10.2. The van der Waals surface area contributed by atoms with Gasteiger partial charge in [0.05, 0.1) is 55.5 Å². The van der Waals surface area contributed by atoms with Crippen LogP contribution in [0.3, 0.4) is 0 Å². The van der Waals surface area contributed by atoms with Crippen LogP contribution < -0.4 is 0 Å². The molecule has 0 rings (SSSR count). The molecule has 4 nitrogen and oxygen atoms in total. The Balaban J connectivity index is 3.12. The predicted molar refractivity (Wildman–Crippen MR) is 81.3 cm³/mol. The van der Waals surface area contributed by atoms with Gasteiger partial charge in [0.25, 0.3) is 0 Å². The van der Waals surface area contributed by atoms with Crippen LogP contribution in [0, 0.1) is 0 Å². The third-order valence-electron chi connectivity index (χ3n) is 2.89. The molecule has 0 bridgehead atoms. The number of hydrogen-bond acceptors (Lipinski definition) is 2. The van der Waals surface area contributed by atoms with E-state index in [0.717, 1.165) is 61.3 Å². The van der Waals surface area contributed by atoms with Gasteiger partial charge in [0.15, 0.2) is 0 Å². The smallest absolute Gasteiger partial charge is 0.102 e. The number of rotatable bonds is 12. The van der Waals surface area contributed by atoms with Crippen molar-refractivity contribution in [3.63, 3.8) is 0 Å². The third kappa shape index (κ3) is 17.8. The molecule has 0 fully saturated rings. The largest absolute Gasteiger partial charge is 0.376 e. The summed E-state index contributed by atoms with van der Waals surface area (Å²) in [6.45, 7) is 5.66. The molecule has 116 valence electrons. The van der Waals surface area contributed by atoms with Gasteiger partial charge in [-0.1, -0.05) is 0 Å². The lowest BCUT2D eigenvalue weighted by molar-refractivity contribution is -0.870. The fraction of sp³-hybridized carbons (Fsp3) is 1.00. The number of unbranched alkanes of at least 4 members (excludes halogenated alkanes) is 2. The van der Waals surface area contributed by atoms with Gasteiger partial charge in [0.1, 0.15) is 13.1 Å². The molecule has 0 radical (unpaired) electrons. The molecule has 0 spiro atoms. The molecule has 0 aromatic heterocycles. The van der Waals surface area contributed by atoms with Crippen molar-refractivity contribution >= 4 is 0 Å². The van der Waals surface area contributed by atoms with Crippen LogP contribution in [0.1, 0.15) is 19.3 Å². The Morgan fingerprint density at radius 2 is 0.895 bits per heavy atom. The molecule has 0 aliphatic rings. The molecule has 0 saturated carbocycles. The van der Waals surface area contributed by atoms with E-state index in [9.17, 15) is 0 Å². The fourth-order valence-corrected chi connectivity index (χ4v) is 1.47. The van der Waals surface area contributed by atoms with Crippen molar-refractivity contribution in [1.82, 2.24) is 0 Å². The molecule has 0 atom stereocenters. The summed E-state index contributed by atoms with van der Waals surface area (Å²) >= 11 is 0. The van der Waals surface area contributed by atoms with E-state index in [1.54, 1.807) is 0 Å². The number of ether oxygens (including phenoxy) is 2. The Labute approximate surface area is 120 Å². The van der Waals surface area contributed by atoms with Crippen molar-refractivity contribution in [1.29, 1.82) is 0 Å². The van der Waals surface area contributed by atoms with Gasteiger partial charge in [-0.05, 0) is 19.3 Å². The highest BCUT2D eigenvalue weighted by Crippen LogP contribution is 1.98. The van der Waals surface area contributed by atoms with Crippen LogP contribution in [0.25, 0.3) is 0 Å². The minimum atomic E-state index is 0.865. The molecule has 0 aromatic carbocycles. The second kappa shape index (κ2) is 9.70. The van der Waals surface area contributed by atoms with E-state index in [1.165, 1.54) is 6.42 Å². The minimum absolute atomic E-state index is 0.865. The topological polar surface area (TPSA) is 18.5 Å². The maximum absolute atomic E-state index is 5.62. The Morgan fingerprint density at radius 1 is 0.526 bits per heavy atom. The quantitative estimate of drug-likeness (QED) is 0.398. The SMILES string of the molecule is C[N+](C)(C)CCOCCCCCOCC[N+](C)(C)C. The minimum Gasteiger partial charge on any atom is -0.376 e. The molecule has 0 N–H and O–H groups in total. The van der Waals surface area contributed by atoms with Crippen LogP contribution in [0.5, 0.6) is 0 Å². The van der Waals surface area contributed by atoms with Gasteiger partial charge in [0.2, 0.25) is 0 Å². The van der Waals surface area contributed by atoms with Crippen molar-refractivity contribution in [2.45, 2.75) is 19.3 Å². The van der Waals surface area contributed by atoms with Crippen LogP contribution in [0.15, 0.2) is 0 Å². The average molecular weight is 276 g/mol. The zero-order valence-corrected chi connectivity index (χ0v) is 14.1. The summed E-state index contributed by atoms with van der Waals surface area (Å²) in [6, 6.07) is 0. The van der Waals surface area contributed by atoms with E-state index >= 15 is 0 Å². The van der Waals surface area contributed by atoms with Crippen LogP contribution in [0.2, 0.25) is 0 Å². The van der Waals surface area contributed by atoms with Gasteiger partial charge >= 0.3 is 0 Å². The lowest BCUT2D eigenvalue weighted by Crippen LogP contribution is -2.37. The summed E-state index contributed by atoms with van der Waals surface area (Å²) < 4.78 is 13.2. The molecule has 0 aromatic rings. The van der Waals surface area contributed by atoms with Crippen LogP contribution in [-0.2, 0) is 9.47 Å². The average Bonchev–Trinajstić information content (AvgIpc) is 2.22. The first-order chi connectivity index (χ1) is 8.71. The Bertz CT molecular complexity index is 185. The molecule has 0 aliphatic heterocycles. The highest BCUT2D eigenvalue weighted by Gasteiger charge is 2.06. The summed E-state index contributed by atoms with van der Waals surface area (Å²) in [6.07, 6.45) is 3.50. The molecule has 0 aliphatic carbocycles. The first kappa shape index (κ1) is 18.8.